The second-order valence-electron chi connectivity index (χ2n) is 3.88. The minimum absolute atomic E-state index is 0.227. The minimum atomic E-state index is 0.227. The number of rotatable bonds is 4. The number of hydrogen-bond donors (Lipinski definition) is 3. The zero-order valence-corrected chi connectivity index (χ0v) is 10.0. The lowest BCUT2D eigenvalue weighted by Gasteiger charge is -2.28. The molecule has 2 rings (SSSR count). The summed E-state index contributed by atoms with van der Waals surface area (Å²) in [5.74, 6) is 0.227. The Morgan fingerprint density at radius 2 is 2.12 bits per heavy atom. The molecule has 3 N–H and O–H groups in total. The molecule has 0 radical (unpaired) electrons. The molecule has 0 unspecified atom stereocenters. The smallest absolute Gasteiger partial charge is 0.0824 e. The van der Waals surface area contributed by atoms with Crippen molar-refractivity contribution < 1.29 is 0 Å². The molecule has 1 aromatic carbocycles. The molecule has 16 heavy (non-hydrogen) atoms. The predicted molar refractivity (Wildman–Crippen MR) is 69.1 cm³/mol. The zero-order chi connectivity index (χ0) is 11.5. The van der Waals surface area contributed by atoms with Crippen LogP contribution in [0.25, 0.3) is 0 Å². The van der Waals surface area contributed by atoms with Crippen molar-refractivity contribution in [3.63, 3.8) is 0 Å². The maximum absolute atomic E-state index is 8.01. The lowest BCUT2D eigenvalue weighted by Crippen LogP contribution is -2.48. The van der Waals surface area contributed by atoms with Gasteiger partial charge in [0.15, 0.2) is 0 Å². The summed E-state index contributed by atoms with van der Waals surface area (Å²) in [5.41, 5.74) is 1.67. The maximum Gasteiger partial charge on any atom is 0.0824 e. The molecule has 0 saturated carbocycles. The Kier molecular flexibility index (Phi) is 3.41. The van der Waals surface area contributed by atoms with Crippen LogP contribution in [0.4, 0.5) is 0 Å². The average molecular weight is 233 g/mol. The molecule has 1 aliphatic rings. The highest BCUT2D eigenvalue weighted by molar-refractivity contribution is 7.98. The Balaban J connectivity index is 2.16. The molecule has 0 spiro atoms. The molecule has 0 atom stereocenters. The molecule has 1 aliphatic heterocycles. The normalized spacial score (nSPS) is 15.6. The largest absolute Gasteiger partial charge is 0.315 e. The van der Waals surface area contributed by atoms with Crippen molar-refractivity contribution in [1.29, 1.82) is 10.8 Å². The first kappa shape index (κ1) is 11.4. The van der Waals surface area contributed by atoms with Crippen LogP contribution in [0, 0.1) is 16.7 Å². The SMILES string of the molecule is CSc1cccc(C(=N)C(=N)C2CNC2)c1. The highest BCUT2D eigenvalue weighted by Gasteiger charge is 2.24. The van der Waals surface area contributed by atoms with Crippen LogP contribution in [0.1, 0.15) is 5.56 Å². The number of hydrogen-bond acceptors (Lipinski definition) is 4. The third-order valence-corrected chi connectivity index (χ3v) is 3.54. The Labute approximate surface area is 99.7 Å². The lowest BCUT2D eigenvalue weighted by atomic mass is 9.91. The van der Waals surface area contributed by atoms with Crippen LogP contribution in [0.5, 0.6) is 0 Å². The summed E-state index contributed by atoms with van der Waals surface area (Å²) < 4.78 is 0. The number of thioether (sulfide) groups is 1. The fourth-order valence-electron chi connectivity index (χ4n) is 1.63. The molecule has 0 amide bonds. The molecule has 1 fully saturated rings. The van der Waals surface area contributed by atoms with Gasteiger partial charge in [0.1, 0.15) is 0 Å². The van der Waals surface area contributed by atoms with Crippen LogP contribution in [-0.4, -0.2) is 30.8 Å². The van der Waals surface area contributed by atoms with Crippen LogP contribution >= 0.6 is 11.8 Å². The molecule has 4 heteroatoms. The van der Waals surface area contributed by atoms with Gasteiger partial charge in [0.05, 0.1) is 11.4 Å². The van der Waals surface area contributed by atoms with E-state index in [4.69, 9.17) is 10.8 Å². The van der Waals surface area contributed by atoms with Crippen molar-refractivity contribution in [2.45, 2.75) is 4.90 Å². The summed E-state index contributed by atoms with van der Waals surface area (Å²) in [7, 11) is 0. The summed E-state index contributed by atoms with van der Waals surface area (Å²) >= 11 is 1.66. The standard InChI is InChI=1S/C12H15N3S/c1-16-10-4-2-3-8(5-10)11(13)12(14)9-6-15-7-9/h2-5,9,13-15H,6-7H2,1H3. The first-order chi connectivity index (χ1) is 7.72. The van der Waals surface area contributed by atoms with Gasteiger partial charge in [0.25, 0.3) is 0 Å². The summed E-state index contributed by atoms with van der Waals surface area (Å²) in [6, 6.07) is 7.86. The Bertz CT molecular complexity index is 424. The summed E-state index contributed by atoms with van der Waals surface area (Å²) in [6.45, 7) is 1.67. The van der Waals surface area contributed by atoms with Crippen molar-refractivity contribution in [3.8, 4) is 0 Å². The van der Waals surface area contributed by atoms with Crippen LogP contribution in [0.2, 0.25) is 0 Å². The van der Waals surface area contributed by atoms with Gasteiger partial charge in [0.2, 0.25) is 0 Å². The van der Waals surface area contributed by atoms with Gasteiger partial charge in [-0.1, -0.05) is 12.1 Å². The zero-order valence-electron chi connectivity index (χ0n) is 9.21. The summed E-state index contributed by atoms with van der Waals surface area (Å²) in [5, 5.41) is 19.1. The van der Waals surface area contributed by atoms with E-state index in [9.17, 15) is 0 Å². The molecule has 0 aliphatic carbocycles. The molecule has 1 aromatic rings. The van der Waals surface area contributed by atoms with Crippen molar-refractivity contribution in [2.24, 2.45) is 5.92 Å². The summed E-state index contributed by atoms with van der Waals surface area (Å²) in [4.78, 5) is 1.14. The van der Waals surface area contributed by atoms with E-state index < -0.39 is 0 Å². The van der Waals surface area contributed by atoms with Gasteiger partial charge >= 0.3 is 0 Å². The van der Waals surface area contributed by atoms with Gasteiger partial charge in [-0.15, -0.1) is 11.8 Å². The molecular weight excluding hydrogens is 218 g/mol. The first-order valence-corrected chi connectivity index (χ1v) is 6.47. The number of nitrogens with one attached hydrogen (secondary N) is 3. The van der Waals surface area contributed by atoms with E-state index in [0.29, 0.717) is 11.4 Å². The maximum atomic E-state index is 8.01. The van der Waals surface area contributed by atoms with E-state index in [-0.39, 0.29) is 5.92 Å². The van der Waals surface area contributed by atoms with E-state index in [1.165, 1.54) is 0 Å². The average Bonchev–Trinajstić information content (AvgIpc) is 2.25. The van der Waals surface area contributed by atoms with E-state index >= 15 is 0 Å². The van der Waals surface area contributed by atoms with Gasteiger partial charge in [0, 0.05) is 29.5 Å². The van der Waals surface area contributed by atoms with E-state index in [2.05, 4.69) is 5.32 Å². The van der Waals surface area contributed by atoms with Crippen molar-refractivity contribution in [3.05, 3.63) is 29.8 Å². The van der Waals surface area contributed by atoms with Gasteiger partial charge in [-0.25, -0.2) is 0 Å². The van der Waals surface area contributed by atoms with Gasteiger partial charge in [-0.3, -0.25) is 5.41 Å². The Morgan fingerprint density at radius 1 is 1.38 bits per heavy atom. The predicted octanol–water partition coefficient (Wildman–Crippen LogP) is 2.02. The quantitative estimate of drug-likeness (QED) is 0.550. The second-order valence-corrected chi connectivity index (χ2v) is 4.76. The van der Waals surface area contributed by atoms with E-state index in [1.54, 1.807) is 11.8 Å². The molecular formula is C12H15N3S. The third-order valence-electron chi connectivity index (χ3n) is 2.82. The molecule has 1 heterocycles. The number of benzene rings is 1. The van der Waals surface area contributed by atoms with Crippen molar-refractivity contribution in [2.75, 3.05) is 19.3 Å². The molecule has 1 saturated heterocycles. The Morgan fingerprint density at radius 3 is 2.69 bits per heavy atom. The molecule has 84 valence electrons. The highest BCUT2D eigenvalue weighted by Crippen LogP contribution is 2.18. The molecule has 0 bridgehead atoms. The summed E-state index contributed by atoms with van der Waals surface area (Å²) in [6.07, 6.45) is 2.02. The fourth-order valence-corrected chi connectivity index (χ4v) is 2.09. The Hall–Kier alpha value is -1.13. The highest BCUT2D eigenvalue weighted by atomic mass is 32.2. The van der Waals surface area contributed by atoms with Gasteiger partial charge in [-0.05, 0) is 18.4 Å². The van der Waals surface area contributed by atoms with E-state index in [0.717, 1.165) is 23.5 Å². The first-order valence-electron chi connectivity index (χ1n) is 5.25. The van der Waals surface area contributed by atoms with Crippen molar-refractivity contribution >= 4 is 23.2 Å². The second kappa shape index (κ2) is 4.80. The minimum Gasteiger partial charge on any atom is -0.315 e. The van der Waals surface area contributed by atoms with Crippen LogP contribution < -0.4 is 5.32 Å². The van der Waals surface area contributed by atoms with E-state index in [1.807, 2.05) is 30.5 Å². The lowest BCUT2D eigenvalue weighted by molar-refractivity contribution is 0.445. The monoisotopic (exact) mass is 233 g/mol. The van der Waals surface area contributed by atoms with Crippen LogP contribution in [0.3, 0.4) is 0 Å². The molecule has 3 nitrogen and oxygen atoms in total. The fraction of sp³-hybridized carbons (Fsp3) is 0.333. The van der Waals surface area contributed by atoms with Gasteiger partial charge in [-0.2, -0.15) is 0 Å². The molecule has 0 aromatic heterocycles. The van der Waals surface area contributed by atoms with Crippen molar-refractivity contribution in [1.82, 2.24) is 5.32 Å². The third kappa shape index (κ3) is 2.18. The van der Waals surface area contributed by atoms with Crippen LogP contribution in [-0.2, 0) is 0 Å². The van der Waals surface area contributed by atoms with Crippen LogP contribution in [0.15, 0.2) is 29.2 Å². The topological polar surface area (TPSA) is 59.7 Å². The van der Waals surface area contributed by atoms with Gasteiger partial charge < -0.3 is 10.7 Å².